The van der Waals surface area contributed by atoms with Crippen molar-refractivity contribution in [2.45, 2.75) is 0 Å². The van der Waals surface area contributed by atoms with Crippen molar-refractivity contribution >= 4 is 62.4 Å². The summed E-state index contributed by atoms with van der Waals surface area (Å²) >= 11 is 9.17. The summed E-state index contributed by atoms with van der Waals surface area (Å²) in [6.45, 7) is 0. The van der Waals surface area contributed by atoms with Crippen LogP contribution in [0.25, 0.3) is 0 Å². The number of anilines is 1. The summed E-state index contributed by atoms with van der Waals surface area (Å²) in [7, 11) is 0. The predicted molar refractivity (Wildman–Crippen MR) is 83.4 cm³/mol. The molecule has 0 saturated carbocycles. The van der Waals surface area contributed by atoms with Gasteiger partial charge in [-0.05, 0) is 52.2 Å². The van der Waals surface area contributed by atoms with Crippen LogP contribution in [0.15, 0.2) is 29.6 Å². The largest absolute Gasteiger partial charge is 0.478 e. The molecule has 7 heteroatoms. The van der Waals surface area contributed by atoms with Gasteiger partial charge >= 0.3 is 5.97 Å². The van der Waals surface area contributed by atoms with Gasteiger partial charge in [-0.2, -0.15) is 0 Å². The third-order valence-electron chi connectivity index (χ3n) is 2.30. The highest BCUT2D eigenvalue weighted by Crippen LogP contribution is 2.25. The Bertz CT molecular complexity index is 656. The molecule has 2 N–H and O–H groups in total. The SMILES string of the molecule is O=C(Nc1sccc1C(=O)O)c1ccc(I)c(Cl)c1. The zero-order valence-electron chi connectivity index (χ0n) is 9.31. The molecule has 0 unspecified atom stereocenters. The van der Waals surface area contributed by atoms with Crippen LogP contribution in [-0.2, 0) is 0 Å². The van der Waals surface area contributed by atoms with Crippen molar-refractivity contribution in [3.8, 4) is 0 Å². The first-order chi connectivity index (χ1) is 8.99. The van der Waals surface area contributed by atoms with Gasteiger partial charge in [0.1, 0.15) is 5.00 Å². The van der Waals surface area contributed by atoms with Crippen LogP contribution in [0.5, 0.6) is 0 Å². The first-order valence-electron chi connectivity index (χ1n) is 5.06. The molecule has 0 saturated heterocycles. The molecule has 4 nitrogen and oxygen atoms in total. The van der Waals surface area contributed by atoms with Crippen molar-refractivity contribution in [3.05, 3.63) is 49.4 Å². The van der Waals surface area contributed by atoms with Crippen molar-refractivity contribution in [2.75, 3.05) is 5.32 Å². The Morgan fingerprint density at radius 1 is 1.32 bits per heavy atom. The first-order valence-corrected chi connectivity index (χ1v) is 7.40. The van der Waals surface area contributed by atoms with Gasteiger partial charge in [0.05, 0.1) is 10.6 Å². The standard InChI is InChI=1S/C12H7ClINO3S/c13-8-5-6(1-2-9(8)14)10(16)15-11-7(12(17)18)3-4-19-11/h1-5H,(H,15,16)(H,17,18). The topological polar surface area (TPSA) is 66.4 Å². The Hall–Kier alpha value is -1.12. The lowest BCUT2D eigenvalue weighted by Crippen LogP contribution is -2.13. The van der Waals surface area contributed by atoms with Gasteiger partial charge in [0.15, 0.2) is 0 Å². The van der Waals surface area contributed by atoms with Gasteiger partial charge in [0.25, 0.3) is 5.91 Å². The summed E-state index contributed by atoms with van der Waals surface area (Å²) < 4.78 is 0.846. The molecule has 0 spiro atoms. The molecule has 0 radical (unpaired) electrons. The molecular formula is C12H7ClINO3S. The number of benzene rings is 1. The van der Waals surface area contributed by atoms with Gasteiger partial charge in [-0.3, -0.25) is 4.79 Å². The minimum Gasteiger partial charge on any atom is -0.478 e. The molecule has 0 bridgehead atoms. The zero-order chi connectivity index (χ0) is 14.0. The summed E-state index contributed by atoms with van der Waals surface area (Å²) in [6.07, 6.45) is 0. The van der Waals surface area contributed by atoms with Crippen molar-refractivity contribution in [2.24, 2.45) is 0 Å². The number of carbonyl (C=O) groups excluding carboxylic acids is 1. The van der Waals surface area contributed by atoms with Crippen LogP contribution in [0.2, 0.25) is 5.02 Å². The predicted octanol–water partition coefficient (Wildman–Crippen LogP) is 3.96. The number of carbonyl (C=O) groups is 2. The van der Waals surface area contributed by atoms with E-state index in [4.69, 9.17) is 16.7 Å². The van der Waals surface area contributed by atoms with E-state index in [0.717, 1.165) is 14.9 Å². The van der Waals surface area contributed by atoms with Crippen molar-refractivity contribution in [3.63, 3.8) is 0 Å². The van der Waals surface area contributed by atoms with Gasteiger partial charge in [0, 0.05) is 9.13 Å². The summed E-state index contributed by atoms with van der Waals surface area (Å²) in [4.78, 5) is 22.9. The van der Waals surface area contributed by atoms with E-state index >= 15 is 0 Å². The van der Waals surface area contributed by atoms with Crippen LogP contribution in [0, 0.1) is 3.57 Å². The van der Waals surface area contributed by atoms with E-state index in [2.05, 4.69) is 27.9 Å². The molecular weight excluding hydrogens is 401 g/mol. The highest BCUT2D eigenvalue weighted by molar-refractivity contribution is 14.1. The maximum absolute atomic E-state index is 12.0. The maximum Gasteiger partial charge on any atom is 0.338 e. The molecule has 2 rings (SSSR count). The Balaban J connectivity index is 2.23. The summed E-state index contributed by atoms with van der Waals surface area (Å²) in [5, 5.41) is 13.9. The van der Waals surface area contributed by atoms with Crippen molar-refractivity contribution < 1.29 is 14.7 Å². The second-order valence-electron chi connectivity index (χ2n) is 3.55. The number of amides is 1. The van der Waals surface area contributed by atoms with E-state index in [1.165, 1.54) is 6.07 Å². The van der Waals surface area contributed by atoms with E-state index < -0.39 is 5.97 Å². The monoisotopic (exact) mass is 407 g/mol. The summed E-state index contributed by atoms with van der Waals surface area (Å²) in [5.74, 6) is -1.46. The lowest BCUT2D eigenvalue weighted by molar-refractivity contribution is 0.0698. The molecule has 1 aromatic carbocycles. The smallest absolute Gasteiger partial charge is 0.338 e. The van der Waals surface area contributed by atoms with Crippen molar-refractivity contribution in [1.29, 1.82) is 0 Å². The van der Waals surface area contributed by atoms with Gasteiger partial charge in [-0.15, -0.1) is 11.3 Å². The number of rotatable bonds is 3. The van der Waals surface area contributed by atoms with Crippen molar-refractivity contribution in [1.82, 2.24) is 0 Å². The fourth-order valence-corrected chi connectivity index (χ4v) is 2.68. The molecule has 0 fully saturated rings. The molecule has 19 heavy (non-hydrogen) atoms. The lowest BCUT2D eigenvalue weighted by Gasteiger charge is -2.05. The number of nitrogens with one attached hydrogen (secondary N) is 1. The average Bonchev–Trinajstić information content (AvgIpc) is 2.80. The number of carboxylic acids is 1. The third-order valence-corrected chi connectivity index (χ3v) is 4.71. The van der Waals surface area contributed by atoms with E-state index in [1.807, 2.05) is 0 Å². The molecule has 0 aliphatic rings. The van der Waals surface area contributed by atoms with E-state index in [0.29, 0.717) is 15.6 Å². The van der Waals surface area contributed by atoms with E-state index in [-0.39, 0.29) is 11.5 Å². The minimum atomic E-state index is -1.07. The van der Waals surface area contributed by atoms with Gasteiger partial charge < -0.3 is 10.4 Å². The van der Waals surface area contributed by atoms with Crippen LogP contribution in [-0.4, -0.2) is 17.0 Å². The maximum atomic E-state index is 12.0. The molecule has 0 aliphatic carbocycles. The van der Waals surface area contributed by atoms with Crippen LogP contribution < -0.4 is 5.32 Å². The number of hydrogen-bond donors (Lipinski definition) is 2. The van der Waals surface area contributed by atoms with Crippen LogP contribution in [0.4, 0.5) is 5.00 Å². The van der Waals surface area contributed by atoms with E-state index in [1.54, 1.807) is 23.6 Å². The fourth-order valence-electron chi connectivity index (χ4n) is 1.39. The van der Waals surface area contributed by atoms with Gasteiger partial charge in [-0.1, -0.05) is 11.6 Å². The molecule has 2 aromatic rings. The van der Waals surface area contributed by atoms with Crippen LogP contribution in [0.3, 0.4) is 0 Å². The molecule has 1 heterocycles. The Morgan fingerprint density at radius 2 is 2.05 bits per heavy atom. The number of thiophene rings is 1. The minimum absolute atomic E-state index is 0.0787. The molecule has 0 atom stereocenters. The Kier molecular flexibility index (Phi) is 4.43. The molecule has 1 amide bonds. The highest BCUT2D eigenvalue weighted by Gasteiger charge is 2.15. The average molecular weight is 408 g/mol. The lowest BCUT2D eigenvalue weighted by atomic mass is 10.2. The highest BCUT2D eigenvalue weighted by atomic mass is 127. The third kappa shape index (κ3) is 3.26. The quantitative estimate of drug-likeness (QED) is 0.757. The Labute approximate surface area is 131 Å². The molecule has 1 aromatic heterocycles. The number of halogens is 2. The number of aromatic carboxylic acids is 1. The second kappa shape index (κ2) is 5.89. The summed E-state index contributed by atoms with van der Waals surface area (Å²) in [5.41, 5.74) is 0.463. The van der Waals surface area contributed by atoms with Crippen LogP contribution in [0.1, 0.15) is 20.7 Å². The van der Waals surface area contributed by atoms with Gasteiger partial charge in [0.2, 0.25) is 0 Å². The first kappa shape index (κ1) is 14.3. The normalized spacial score (nSPS) is 10.2. The zero-order valence-corrected chi connectivity index (χ0v) is 13.0. The van der Waals surface area contributed by atoms with E-state index in [9.17, 15) is 9.59 Å². The van der Waals surface area contributed by atoms with Gasteiger partial charge in [-0.25, -0.2) is 4.79 Å². The number of hydrogen-bond acceptors (Lipinski definition) is 3. The second-order valence-corrected chi connectivity index (χ2v) is 6.04. The van der Waals surface area contributed by atoms with Crippen LogP contribution >= 0.6 is 45.5 Å². The number of carboxylic acid groups (broad SMARTS) is 1. The summed E-state index contributed by atoms with van der Waals surface area (Å²) in [6, 6.07) is 6.36. The molecule has 0 aliphatic heterocycles. The molecule has 98 valence electrons. The Morgan fingerprint density at radius 3 is 2.68 bits per heavy atom. The fraction of sp³-hybridized carbons (Fsp3) is 0.